The maximum Gasteiger partial charge on any atom is 0.263 e. The molecule has 0 amide bonds. The van der Waals surface area contributed by atoms with Crippen LogP contribution in [0.15, 0.2) is 23.0 Å². The highest BCUT2D eigenvalue weighted by Gasteiger charge is 2.39. The van der Waals surface area contributed by atoms with E-state index in [0.29, 0.717) is 17.4 Å². The summed E-state index contributed by atoms with van der Waals surface area (Å²) in [6.07, 6.45) is 6.45. The second kappa shape index (κ2) is 4.78. The van der Waals surface area contributed by atoms with Gasteiger partial charge in [-0.15, -0.1) is 12.4 Å². The van der Waals surface area contributed by atoms with Gasteiger partial charge in [-0.05, 0) is 32.3 Å². The number of aryl methyl sites for hydroxylation is 1. The van der Waals surface area contributed by atoms with Gasteiger partial charge in [-0.25, -0.2) is 9.50 Å². The summed E-state index contributed by atoms with van der Waals surface area (Å²) in [6, 6.07) is 1.90. The molecular weight excluding hydrogens is 292 g/mol. The van der Waals surface area contributed by atoms with Crippen LogP contribution >= 0.6 is 12.4 Å². The predicted molar refractivity (Wildman–Crippen MR) is 78.0 cm³/mol. The average Bonchev–Trinajstić information content (AvgIpc) is 3.01. The van der Waals surface area contributed by atoms with Gasteiger partial charge in [-0.1, -0.05) is 5.16 Å². The lowest BCUT2D eigenvalue weighted by Crippen LogP contribution is -2.44. The molecule has 1 aliphatic carbocycles. The van der Waals surface area contributed by atoms with Gasteiger partial charge >= 0.3 is 0 Å². The molecule has 0 spiro atoms. The van der Waals surface area contributed by atoms with Gasteiger partial charge in [0.2, 0.25) is 0 Å². The second-order valence-electron chi connectivity index (χ2n) is 5.33. The molecular formula is C13H15ClN6O. The number of rotatable bonds is 2. The molecule has 0 unspecified atom stereocenters. The van der Waals surface area contributed by atoms with Crippen LogP contribution in [0.2, 0.25) is 0 Å². The normalized spacial score (nSPS) is 16.5. The van der Waals surface area contributed by atoms with Gasteiger partial charge in [0, 0.05) is 11.9 Å². The summed E-state index contributed by atoms with van der Waals surface area (Å²) < 4.78 is 7.03. The molecule has 0 atom stereocenters. The molecule has 3 heterocycles. The zero-order valence-corrected chi connectivity index (χ0v) is 12.3. The number of hydrogen-bond donors (Lipinski definition) is 1. The first-order chi connectivity index (χ1) is 9.66. The van der Waals surface area contributed by atoms with E-state index >= 15 is 0 Å². The molecule has 0 aliphatic heterocycles. The topological polar surface area (TPSA) is 95.1 Å². The van der Waals surface area contributed by atoms with Crippen molar-refractivity contribution in [2.75, 3.05) is 0 Å². The molecule has 1 aliphatic rings. The van der Waals surface area contributed by atoms with E-state index in [1.807, 2.05) is 19.2 Å². The van der Waals surface area contributed by atoms with Gasteiger partial charge in [0.1, 0.15) is 5.56 Å². The van der Waals surface area contributed by atoms with Crippen molar-refractivity contribution in [3.05, 3.63) is 30.0 Å². The Bertz CT molecular complexity index is 791. The van der Waals surface area contributed by atoms with E-state index < -0.39 is 5.54 Å². The summed E-state index contributed by atoms with van der Waals surface area (Å²) in [7, 11) is 0. The number of nitrogens with two attached hydrogens (primary N) is 1. The van der Waals surface area contributed by atoms with E-state index in [0.717, 1.165) is 30.5 Å². The van der Waals surface area contributed by atoms with Crippen LogP contribution in [0.3, 0.4) is 0 Å². The molecule has 4 rings (SSSR count). The molecule has 110 valence electrons. The van der Waals surface area contributed by atoms with Crippen molar-refractivity contribution in [3.63, 3.8) is 0 Å². The molecule has 8 heteroatoms. The third-order valence-corrected chi connectivity index (χ3v) is 3.86. The fourth-order valence-electron chi connectivity index (χ4n) is 2.43. The number of halogens is 1. The van der Waals surface area contributed by atoms with E-state index in [4.69, 9.17) is 10.3 Å². The fraction of sp³-hybridized carbons (Fsp3) is 0.385. The molecule has 1 saturated carbocycles. The summed E-state index contributed by atoms with van der Waals surface area (Å²) in [6.45, 7) is 1.93. The molecule has 2 N–H and O–H groups in total. The molecule has 0 aromatic carbocycles. The van der Waals surface area contributed by atoms with Crippen molar-refractivity contribution in [2.45, 2.75) is 31.7 Å². The monoisotopic (exact) mass is 306 g/mol. The zero-order chi connectivity index (χ0) is 13.7. The number of nitrogens with zero attached hydrogens (tertiary/aromatic N) is 5. The summed E-state index contributed by atoms with van der Waals surface area (Å²) in [5, 5.41) is 8.26. The van der Waals surface area contributed by atoms with Crippen LogP contribution in [0.5, 0.6) is 0 Å². The quantitative estimate of drug-likeness (QED) is 0.776. The average molecular weight is 307 g/mol. The fourth-order valence-corrected chi connectivity index (χ4v) is 2.43. The zero-order valence-electron chi connectivity index (χ0n) is 11.5. The first kappa shape index (κ1) is 14.0. The Hall–Kier alpha value is -1.99. The van der Waals surface area contributed by atoms with Crippen LogP contribution in [-0.4, -0.2) is 24.7 Å². The molecule has 0 saturated heterocycles. The lowest BCUT2D eigenvalue weighted by molar-refractivity contribution is 0.229. The third-order valence-electron chi connectivity index (χ3n) is 3.86. The van der Waals surface area contributed by atoms with Crippen LogP contribution in [0, 0.1) is 6.92 Å². The minimum absolute atomic E-state index is 0. The Morgan fingerprint density at radius 2 is 2.14 bits per heavy atom. The highest BCUT2D eigenvalue weighted by Crippen LogP contribution is 2.37. The number of fused-ring (bicyclic) bond motifs is 1. The van der Waals surface area contributed by atoms with Crippen LogP contribution < -0.4 is 5.73 Å². The molecule has 3 aromatic heterocycles. The van der Waals surface area contributed by atoms with Crippen molar-refractivity contribution in [2.24, 2.45) is 5.73 Å². The number of aromatic nitrogens is 5. The van der Waals surface area contributed by atoms with Crippen LogP contribution in [0.1, 0.15) is 30.8 Å². The Balaban J connectivity index is 0.00000132. The summed E-state index contributed by atoms with van der Waals surface area (Å²) in [5.41, 5.74) is 8.13. The first-order valence-electron chi connectivity index (χ1n) is 6.60. The van der Waals surface area contributed by atoms with Gasteiger partial charge < -0.3 is 10.3 Å². The van der Waals surface area contributed by atoms with E-state index in [1.54, 1.807) is 10.7 Å². The Labute approximate surface area is 127 Å². The van der Waals surface area contributed by atoms with Crippen molar-refractivity contribution in [3.8, 4) is 11.5 Å². The third kappa shape index (κ3) is 2.09. The highest BCUT2D eigenvalue weighted by molar-refractivity contribution is 5.85. The van der Waals surface area contributed by atoms with Crippen molar-refractivity contribution in [1.82, 2.24) is 24.7 Å². The van der Waals surface area contributed by atoms with Gasteiger partial charge in [-0.3, -0.25) is 0 Å². The van der Waals surface area contributed by atoms with E-state index in [-0.39, 0.29) is 12.4 Å². The van der Waals surface area contributed by atoms with Crippen molar-refractivity contribution >= 4 is 18.1 Å². The maximum atomic E-state index is 6.21. The van der Waals surface area contributed by atoms with E-state index in [2.05, 4.69) is 20.2 Å². The summed E-state index contributed by atoms with van der Waals surface area (Å²) in [4.78, 5) is 8.89. The Morgan fingerprint density at radius 1 is 1.33 bits per heavy atom. The summed E-state index contributed by atoms with van der Waals surface area (Å²) >= 11 is 0. The standard InChI is InChI=1S/C13H14N6O.ClH/c1-8-3-6-19-10(16-8)9(7-15-19)11-17-12(18-20-11)13(14)4-2-5-13;/h3,6-7H,2,4-5,14H2,1H3;1H. The molecule has 3 aromatic rings. The second-order valence-corrected chi connectivity index (χ2v) is 5.33. The van der Waals surface area contributed by atoms with Crippen LogP contribution in [0.25, 0.3) is 17.1 Å². The van der Waals surface area contributed by atoms with Gasteiger partial charge in [-0.2, -0.15) is 10.1 Å². The Morgan fingerprint density at radius 3 is 2.86 bits per heavy atom. The van der Waals surface area contributed by atoms with Gasteiger partial charge in [0.25, 0.3) is 5.89 Å². The lowest BCUT2D eigenvalue weighted by Gasteiger charge is -2.34. The molecule has 0 bridgehead atoms. The van der Waals surface area contributed by atoms with Crippen LogP contribution in [-0.2, 0) is 5.54 Å². The summed E-state index contributed by atoms with van der Waals surface area (Å²) in [5.74, 6) is 0.996. The largest absolute Gasteiger partial charge is 0.334 e. The lowest BCUT2D eigenvalue weighted by atomic mass is 9.77. The van der Waals surface area contributed by atoms with Crippen molar-refractivity contribution < 1.29 is 4.52 Å². The SMILES string of the molecule is Cc1ccn2ncc(-c3nc(C4(N)CCC4)no3)c2n1.Cl. The first-order valence-corrected chi connectivity index (χ1v) is 6.60. The van der Waals surface area contributed by atoms with Crippen LogP contribution in [0.4, 0.5) is 0 Å². The van der Waals surface area contributed by atoms with E-state index in [1.165, 1.54) is 0 Å². The minimum Gasteiger partial charge on any atom is -0.334 e. The number of hydrogen-bond acceptors (Lipinski definition) is 6. The molecule has 7 nitrogen and oxygen atoms in total. The van der Waals surface area contributed by atoms with E-state index in [9.17, 15) is 0 Å². The highest BCUT2D eigenvalue weighted by atomic mass is 35.5. The maximum absolute atomic E-state index is 6.21. The molecule has 1 fully saturated rings. The smallest absolute Gasteiger partial charge is 0.263 e. The predicted octanol–water partition coefficient (Wildman–Crippen LogP) is 1.85. The minimum atomic E-state index is -0.423. The Kier molecular flexibility index (Phi) is 3.18. The molecule has 21 heavy (non-hydrogen) atoms. The molecule has 0 radical (unpaired) electrons. The van der Waals surface area contributed by atoms with Gasteiger partial charge in [0.05, 0.1) is 11.7 Å². The van der Waals surface area contributed by atoms with Crippen molar-refractivity contribution in [1.29, 1.82) is 0 Å². The van der Waals surface area contributed by atoms with Gasteiger partial charge in [0.15, 0.2) is 11.5 Å².